The van der Waals surface area contributed by atoms with Gasteiger partial charge in [0.1, 0.15) is 12.1 Å². The maximum Gasteiger partial charge on any atom is 0.323 e. The van der Waals surface area contributed by atoms with E-state index in [4.69, 9.17) is 20.3 Å². The Balaban J connectivity index is 3.71. The highest BCUT2D eigenvalue weighted by Gasteiger charge is 2.16. The first-order valence-corrected chi connectivity index (χ1v) is 4.17. The second kappa shape index (κ2) is 6.82. The van der Waals surface area contributed by atoms with Gasteiger partial charge in [0.25, 0.3) is 0 Å². The van der Waals surface area contributed by atoms with Crippen LogP contribution in [-0.4, -0.2) is 43.5 Å². The minimum Gasteiger partial charge on any atom is -0.459 e. The van der Waals surface area contributed by atoms with Crippen molar-refractivity contribution in [1.82, 2.24) is 0 Å². The molecule has 0 bridgehead atoms. The lowest BCUT2D eigenvalue weighted by molar-refractivity contribution is -0.152. The van der Waals surface area contributed by atoms with Crippen LogP contribution in [0.25, 0.3) is 0 Å². The summed E-state index contributed by atoms with van der Waals surface area (Å²) in [5.74, 6) is -0.501. The highest BCUT2D eigenvalue weighted by atomic mass is 16.6. The van der Waals surface area contributed by atoms with Crippen LogP contribution in [-0.2, 0) is 14.3 Å². The van der Waals surface area contributed by atoms with Crippen molar-refractivity contribution in [1.29, 1.82) is 0 Å². The van der Waals surface area contributed by atoms with Crippen molar-refractivity contribution in [2.45, 2.75) is 25.5 Å². The Morgan fingerprint density at radius 3 is 2.69 bits per heavy atom. The molecule has 3 N–H and O–H groups in total. The second-order valence-electron chi connectivity index (χ2n) is 2.82. The van der Waals surface area contributed by atoms with E-state index in [0.717, 1.165) is 0 Å². The van der Waals surface area contributed by atoms with Gasteiger partial charge in [0.2, 0.25) is 0 Å². The Hall–Kier alpha value is -0.650. The van der Waals surface area contributed by atoms with E-state index in [1.165, 1.54) is 7.11 Å². The van der Waals surface area contributed by atoms with Crippen molar-refractivity contribution < 1.29 is 19.4 Å². The van der Waals surface area contributed by atoms with E-state index in [0.29, 0.717) is 6.61 Å². The number of nitrogens with two attached hydrogens (primary N) is 1. The molecule has 0 aliphatic heterocycles. The summed E-state index contributed by atoms with van der Waals surface area (Å²) in [5.41, 5.74) is 5.40. The summed E-state index contributed by atoms with van der Waals surface area (Å²) >= 11 is 0. The van der Waals surface area contributed by atoms with E-state index in [1.807, 2.05) is 0 Å². The number of esters is 1. The summed E-state index contributed by atoms with van der Waals surface area (Å²) in [6, 6.07) is -0.746. The third-order valence-corrected chi connectivity index (χ3v) is 1.46. The van der Waals surface area contributed by atoms with E-state index in [2.05, 4.69) is 0 Å². The number of methoxy groups -OCH3 is 1. The molecule has 78 valence electrons. The van der Waals surface area contributed by atoms with Crippen LogP contribution in [0.2, 0.25) is 0 Å². The average molecular weight is 191 g/mol. The molecule has 0 radical (unpaired) electrons. The molecule has 13 heavy (non-hydrogen) atoms. The number of aliphatic hydroxyl groups is 1. The van der Waals surface area contributed by atoms with Crippen LogP contribution in [0.1, 0.15) is 13.3 Å². The molecule has 0 saturated carbocycles. The monoisotopic (exact) mass is 191 g/mol. The largest absolute Gasteiger partial charge is 0.459 e. The van der Waals surface area contributed by atoms with Gasteiger partial charge >= 0.3 is 5.97 Å². The average Bonchev–Trinajstić information content (AvgIpc) is 2.05. The van der Waals surface area contributed by atoms with Crippen LogP contribution in [0, 0.1) is 0 Å². The second-order valence-corrected chi connectivity index (χ2v) is 2.82. The topological polar surface area (TPSA) is 81.8 Å². The quantitative estimate of drug-likeness (QED) is 0.541. The van der Waals surface area contributed by atoms with Crippen molar-refractivity contribution in [3.8, 4) is 0 Å². The number of hydrogen-bond donors (Lipinski definition) is 2. The predicted octanol–water partition coefficient (Wildman–Crippen LogP) is -0.726. The molecule has 0 spiro atoms. The Morgan fingerprint density at radius 2 is 2.23 bits per heavy atom. The van der Waals surface area contributed by atoms with Crippen LogP contribution in [0.3, 0.4) is 0 Å². The molecule has 0 amide bonds. The highest BCUT2D eigenvalue weighted by molar-refractivity contribution is 5.75. The number of hydrogen-bond acceptors (Lipinski definition) is 5. The summed E-state index contributed by atoms with van der Waals surface area (Å²) in [4.78, 5) is 11.1. The summed E-state index contributed by atoms with van der Waals surface area (Å²) in [7, 11) is 1.53. The van der Waals surface area contributed by atoms with Crippen molar-refractivity contribution in [3.63, 3.8) is 0 Å². The molecule has 0 aromatic heterocycles. The molecule has 0 fully saturated rings. The van der Waals surface area contributed by atoms with Gasteiger partial charge in [-0.15, -0.1) is 0 Å². The van der Waals surface area contributed by atoms with Gasteiger partial charge in [0.15, 0.2) is 0 Å². The Bertz CT molecular complexity index is 151. The molecule has 2 unspecified atom stereocenters. The van der Waals surface area contributed by atoms with Gasteiger partial charge in [0.05, 0.1) is 6.61 Å². The SMILES string of the molecule is COCC(C)OC(=O)C(N)CCO. The maximum absolute atomic E-state index is 11.1. The first-order valence-electron chi connectivity index (χ1n) is 4.17. The standard InChI is InChI=1S/C8H17NO4/c1-6(5-12-2)13-8(11)7(9)3-4-10/h6-7,10H,3-5,9H2,1-2H3. The van der Waals surface area contributed by atoms with Crippen LogP contribution in [0.4, 0.5) is 0 Å². The number of carbonyl (C=O) groups excluding carboxylic acids is 1. The summed E-state index contributed by atoms with van der Waals surface area (Å²) < 4.78 is 9.68. The van der Waals surface area contributed by atoms with Gasteiger partial charge in [-0.1, -0.05) is 0 Å². The molecule has 0 heterocycles. The lowest BCUT2D eigenvalue weighted by Crippen LogP contribution is -2.36. The minimum atomic E-state index is -0.746. The summed E-state index contributed by atoms with van der Waals surface area (Å²) in [6.07, 6.45) is -0.0827. The molecular formula is C8H17NO4. The van der Waals surface area contributed by atoms with Gasteiger partial charge in [-0.3, -0.25) is 4.79 Å². The maximum atomic E-state index is 11.1. The van der Waals surface area contributed by atoms with Gasteiger partial charge in [-0.25, -0.2) is 0 Å². The molecule has 0 aliphatic rings. The molecule has 0 aromatic carbocycles. The molecule has 0 rings (SSSR count). The summed E-state index contributed by atoms with van der Waals surface area (Å²) in [6.45, 7) is 1.94. The Kier molecular flexibility index (Phi) is 6.48. The number of ether oxygens (including phenoxy) is 2. The van der Waals surface area contributed by atoms with Crippen molar-refractivity contribution in [2.75, 3.05) is 20.3 Å². The van der Waals surface area contributed by atoms with Crippen LogP contribution < -0.4 is 5.73 Å². The first kappa shape index (κ1) is 12.3. The minimum absolute atomic E-state index is 0.116. The zero-order valence-corrected chi connectivity index (χ0v) is 8.03. The first-order chi connectivity index (χ1) is 6.11. The predicted molar refractivity (Wildman–Crippen MR) is 47.1 cm³/mol. The number of aliphatic hydroxyl groups excluding tert-OH is 1. The smallest absolute Gasteiger partial charge is 0.323 e. The lowest BCUT2D eigenvalue weighted by atomic mass is 10.2. The van der Waals surface area contributed by atoms with Crippen molar-refractivity contribution >= 4 is 5.97 Å². The van der Waals surface area contributed by atoms with Gasteiger partial charge in [-0.2, -0.15) is 0 Å². The zero-order valence-electron chi connectivity index (χ0n) is 8.03. The van der Waals surface area contributed by atoms with E-state index < -0.39 is 12.0 Å². The van der Waals surface area contributed by atoms with Gasteiger partial charge in [0, 0.05) is 13.7 Å². The molecule has 0 saturated heterocycles. The van der Waals surface area contributed by atoms with Gasteiger partial charge < -0.3 is 20.3 Å². The van der Waals surface area contributed by atoms with E-state index in [9.17, 15) is 4.79 Å². The van der Waals surface area contributed by atoms with Crippen molar-refractivity contribution in [3.05, 3.63) is 0 Å². The molecular weight excluding hydrogens is 174 g/mol. The number of rotatable bonds is 6. The molecule has 5 heteroatoms. The Morgan fingerprint density at radius 1 is 1.62 bits per heavy atom. The lowest BCUT2D eigenvalue weighted by Gasteiger charge is -2.15. The van der Waals surface area contributed by atoms with Crippen molar-refractivity contribution in [2.24, 2.45) is 5.73 Å². The van der Waals surface area contributed by atoms with Gasteiger partial charge in [-0.05, 0) is 13.3 Å². The van der Waals surface area contributed by atoms with E-state index >= 15 is 0 Å². The van der Waals surface area contributed by atoms with Crippen LogP contribution in [0.15, 0.2) is 0 Å². The molecule has 2 atom stereocenters. The number of carbonyl (C=O) groups is 1. The molecule has 5 nitrogen and oxygen atoms in total. The summed E-state index contributed by atoms with van der Waals surface area (Å²) in [5, 5.41) is 8.51. The van der Waals surface area contributed by atoms with Crippen LogP contribution in [0.5, 0.6) is 0 Å². The van der Waals surface area contributed by atoms with E-state index in [1.54, 1.807) is 6.92 Å². The fourth-order valence-corrected chi connectivity index (χ4v) is 0.811. The fourth-order valence-electron chi connectivity index (χ4n) is 0.811. The third kappa shape index (κ3) is 5.57. The van der Waals surface area contributed by atoms with E-state index in [-0.39, 0.29) is 19.1 Å². The third-order valence-electron chi connectivity index (χ3n) is 1.46. The molecule has 0 aliphatic carbocycles. The Labute approximate surface area is 77.8 Å². The molecule has 0 aromatic rings. The normalized spacial score (nSPS) is 15.1. The van der Waals surface area contributed by atoms with Crippen LogP contribution >= 0.6 is 0 Å². The highest BCUT2D eigenvalue weighted by Crippen LogP contribution is 1.97. The fraction of sp³-hybridized carbons (Fsp3) is 0.875. The zero-order chi connectivity index (χ0) is 10.3.